The number of hydrogen-bond donors (Lipinski definition) is 2. The van der Waals surface area contributed by atoms with E-state index in [2.05, 4.69) is 41.4 Å². The number of nitrogens with zero attached hydrogens (tertiary/aromatic N) is 1. The van der Waals surface area contributed by atoms with Gasteiger partial charge in [-0.05, 0) is 24.0 Å². The molecule has 0 radical (unpaired) electrons. The average molecular weight is 237 g/mol. The van der Waals surface area contributed by atoms with Crippen molar-refractivity contribution >= 4 is 11.8 Å². The third kappa shape index (κ3) is 3.42. The summed E-state index contributed by atoms with van der Waals surface area (Å²) in [5.41, 5.74) is 4.23. The van der Waals surface area contributed by atoms with E-state index in [1.54, 1.807) is 6.20 Å². The number of carbonyl (C=O) groups excluding carboxylic acids is 1. The smallest absolute Gasteiger partial charge is 0.290 e. The second-order valence-corrected chi connectivity index (χ2v) is 4.86. The van der Waals surface area contributed by atoms with Crippen LogP contribution in [0.2, 0.25) is 0 Å². The van der Waals surface area contributed by atoms with Gasteiger partial charge in [-0.1, -0.05) is 20.8 Å². The van der Waals surface area contributed by atoms with E-state index in [0.29, 0.717) is 5.82 Å². The minimum atomic E-state index is -0.434. The van der Waals surface area contributed by atoms with Crippen molar-refractivity contribution in [3.8, 4) is 0 Å². The first kappa shape index (κ1) is 13.4. The number of aromatic nitrogens is 1. The van der Waals surface area contributed by atoms with Gasteiger partial charge in [0.2, 0.25) is 0 Å². The van der Waals surface area contributed by atoms with E-state index in [1.807, 2.05) is 13.0 Å². The maximum atomic E-state index is 11.4. The zero-order chi connectivity index (χ0) is 13.1. The fraction of sp³-hybridized carbons (Fsp3) is 0.500. The topological polar surface area (TPSA) is 63.2 Å². The Balaban J connectivity index is 3.08. The molecule has 5 nitrogen and oxygen atoms in total. The predicted octanol–water partition coefficient (Wildman–Crippen LogP) is 2.37. The Hall–Kier alpha value is -1.62. The summed E-state index contributed by atoms with van der Waals surface area (Å²) in [7, 11) is 1.38. The van der Waals surface area contributed by atoms with Crippen LogP contribution in [0, 0.1) is 6.92 Å². The van der Waals surface area contributed by atoms with Crippen molar-refractivity contribution in [3.63, 3.8) is 0 Å². The van der Waals surface area contributed by atoms with Crippen molar-refractivity contribution in [1.29, 1.82) is 0 Å². The maximum Gasteiger partial charge on any atom is 0.344 e. The summed E-state index contributed by atoms with van der Waals surface area (Å²) in [5, 5.41) is 2.67. The Labute approximate surface area is 102 Å². The van der Waals surface area contributed by atoms with Crippen molar-refractivity contribution in [2.45, 2.75) is 33.1 Å². The molecule has 5 heteroatoms. The number of rotatable bonds is 2. The first-order valence-corrected chi connectivity index (χ1v) is 5.42. The van der Waals surface area contributed by atoms with Gasteiger partial charge in [-0.3, -0.25) is 10.2 Å². The molecule has 1 aromatic rings. The van der Waals surface area contributed by atoms with Gasteiger partial charge in [0, 0.05) is 11.8 Å². The number of hydrogen-bond acceptors (Lipinski definition) is 3. The lowest BCUT2D eigenvalue weighted by molar-refractivity contribution is 0.114. The van der Waals surface area contributed by atoms with E-state index in [0.717, 1.165) is 11.1 Å². The number of amides is 2. The molecule has 0 spiro atoms. The number of urea groups is 1. The molecule has 17 heavy (non-hydrogen) atoms. The standard InChI is InChI=1S/C12H19N3O2/c1-8-6-7-13-10(9(8)12(2,3)4)14-11(16)15-17-5/h6-7H,1-5H3,(H2,13,14,15,16). The summed E-state index contributed by atoms with van der Waals surface area (Å²) in [4.78, 5) is 20.2. The molecule has 2 N–H and O–H groups in total. The molecule has 0 bridgehead atoms. The molecule has 0 atom stereocenters. The third-order valence-corrected chi connectivity index (χ3v) is 2.34. The summed E-state index contributed by atoms with van der Waals surface area (Å²) in [6.07, 6.45) is 1.67. The van der Waals surface area contributed by atoms with Crippen LogP contribution in [0.5, 0.6) is 0 Å². The molecule has 1 heterocycles. The molecule has 0 fully saturated rings. The summed E-state index contributed by atoms with van der Waals surface area (Å²) in [5.74, 6) is 0.562. The molecule has 1 aromatic heterocycles. The Morgan fingerprint density at radius 2 is 2.06 bits per heavy atom. The van der Waals surface area contributed by atoms with Gasteiger partial charge in [0.25, 0.3) is 0 Å². The van der Waals surface area contributed by atoms with Gasteiger partial charge in [-0.25, -0.2) is 15.3 Å². The molecule has 0 saturated heterocycles. The highest BCUT2D eigenvalue weighted by atomic mass is 16.6. The summed E-state index contributed by atoms with van der Waals surface area (Å²) < 4.78 is 0. The Morgan fingerprint density at radius 3 is 2.59 bits per heavy atom. The van der Waals surface area contributed by atoms with Gasteiger partial charge in [0.05, 0.1) is 7.11 Å². The van der Waals surface area contributed by atoms with Crippen LogP contribution in [0.3, 0.4) is 0 Å². The lowest BCUT2D eigenvalue weighted by Gasteiger charge is -2.24. The van der Waals surface area contributed by atoms with Crippen molar-refractivity contribution in [2.75, 3.05) is 12.4 Å². The molecule has 0 saturated carbocycles. The van der Waals surface area contributed by atoms with Gasteiger partial charge in [0.1, 0.15) is 5.82 Å². The Bertz CT molecular complexity index is 411. The van der Waals surface area contributed by atoms with Crippen LogP contribution in [-0.4, -0.2) is 18.1 Å². The predicted molar refractivity (Wildman–Crippen MR) is 66.8 cm³/mol. The summed E-state index contributed by atoms with van der Waals surface area (Å²) >= 11 is 0. The fourth-order valence-electron chi connectivity index (χ4n) is 1.83. The van der Waals surface area contributed by atoms with Gasteiger partial charge in [0.15, 0.2) is 0 Å². The lowest BCUT2D eigenvalue weighted by atomic mass is 9.84. The molecule has 0 aliphatic carbocycles. The largest absolute Gasteiger partial charge is 0.344 e. The minimum absolute atomic E-state index is 0.0893. The van der Waals surface area contributed by atoms with Crippen LogP contribution in [-0.2, 0) is 10.3 Å². The molecular formula is C12H19N3O2. The van der Waals surface area contributed by atoms with Crippen molar-refractivity contribution in [3.05, 3.63) is 23.4 Å². The zero-order valence-electron chi connectivity index (χ0n) is 10.9. The summed E-state index contributed by atoms with van der Waals surface area (Å²) in [6.45, 7) is 8.24. The molecule has 0 aliphatic heterocycles. The van der Waals surface area contributed by atoms with E-state index in [9.17, 15) is 4.79 Å². The molecular weight excluding hydrogens is 218 g/mol. The van der Waals surface area contributed by atoms with Crippen molar-refractivity contribution in [1.82, 2.24) is 10.5 Å². The average Bonchev–Trinajstić information content (AvgIpc) is 2.15. The van der Waals surface area contributed by atoms with Crippen LogP contribution in [0.15, 0.2) is 12.3 Å². The van der Waals surface area contributed by atoms with E-state index in [1.165, 1.54) is 7.11 Å². The lowest BCUT2D eigenvalue weighted by Crippen LogP contribution is -2.29. The van der Waals surface area contributed by atoms with Crippen LogP contribution < -0.4 is 10.8 Å². The highest BCUT2D eigenvalue weighted by molar-refractivity contribution is 5.88. The van der Waals surface area contributed by atoms with Gasteiger partial charge < -0.3 is 0 Å². The molecule has 0 aromatic carbocycles. The molecule has 94 valence electrons. The van der Waals surface area contributed by atoms with E-state index in [4.69, 9.17) is 0 Å². The molecule has 1 rings (SSSR count). The van der Waals surface area contributed by atoms with Crippen LogP contribution >= 0.6 is 0 Å². The first-order chi connectivity index (χ1) is 7.86. The van der Waals surface area contributed by atoms with E-state index < -0.39 is 6.03 Å². The van der Waals surface area contributed by atoms with Crippen LogP contribution in [0.25, 0.3) is 0 Å². The second kappa shape index (κ2) is 5.14. The highest BCUT2D eigenvalue weighted by Gasteiger charge is 2.22. The van der Waals surface area contributed by atoms with Crippen molar-refractivity contribution < 1.29 is 9.63 Å². The van der Waals surface area contributed by atoms with E-state index >= 15 is 0 Å². The number of anilines is 1. The SMILES string of the molecule is CONC(=O)Nc1nccc(C)c1C(C)(C)C. The number of nitrogens with one attached hydrogen (secondary N) is 2. The number of aryl methyl sites for hydroxylation is 1. The minimum Gasteiger partial charge on any atom is -0.290 e. The Morgan fingerprint density at radius 1 is 1.41 bits per heavy atom. The maximum absolute atomic E-state index is 11.4. The van der Waals surface area contributed by atoms with Crippen LogP contribution in [0.4, 0.5) is 10.6 Å². The van der Waals surface area contributed by atoms with Crippen molar-refractivity contribution in [2.24, 2.45) is 0 Å². The highest BCUT2D eigenvalue weighted by Crippen LogP contribution is 2.30. The van der Waals surface area contributed by atoms with Gasteiger partial charge >= 0.3 is 6.03 Å². The van der Waals surface area contributed by atoms with Crippen LogP contribution in [0.1, 0.15) is 31.9 Å². The monoisotopic (exact) mass is 237 g/mol. The summed E-state index contributed by atoms with van der Waals surface area (Å²) in [6, 6.07) is 1.50. The molecule has 0 unspecified atom stereocenters. The first-order valence-electron chi connectivity index (χ1n) is 5.42. The molecule has 0 aliphatic rings. The van der Waals surface area contributed by atoms with E-state index in [-0.39, 0.29) is 5.41 Å². The number of carbonyl (C=O) groups is 1. The number of hydroxylamine groups is 1. The Kier molecular flexibility index (Phi) is 4.07. The zero-order valence-corrected chi connectivity index (χ0v) is 10.9. The normalized spacial score (nSPS) is 11.1. The fourth-order valence-corrected chi connectivity index (χ4v) is 1.83. The van der Waals surface area contributed by atoms with Gasteiger partial charge in [-0.15, -0.1) is 0 Å². The molecule has 2 amide bonds. The van der Waals surface area contributed by atoms with Gasteiger partial charge in [-0.2, -0.15) is 0 Å². The third-order valence-electron chi connectivity index (χ3n) is 2.34. The quantitative estimate of drug-likeness (QED) is 0.776. The second-order valence-electron chi connectivity index (χ2n) is 4.86. The number of pyridine rings is 1.